The van der Waals surface area contributed by atoms with Crippen molar-refractivity contribution in [3.05, 3.63) is 0 Å². The number of carboxylic acids is 2. The number of hydrogen-bond acceptors (Lipinski definition) is 6. The zero-order chi connectivity index (χ0) is 22.0. The molecular weight excluding hydrogens is 372 g/mol. The van der Waals surface area contributed by atoms with Crippen LogP contribution in [0.4, 0.5) is 0 Å². The van der Waals surface area contributed by atoms with Gasteiger partial charge in [0.25, 0.3) is 0 Å². The van der Waals surface area contributed by atoms with Crippen molar-refractivity contribution >= 4 is 29.7 Å². The first-order chi connectivity index (χ1) is 12.8. The Kier molecular flexibility index (Phi) is 10.8. The largest absolute Gasteiger partial charge is 0.481 e. The van der Waals surface area contributed by atoms with E-state index in [9.17, 15) is 24.0 Å². The minimum Gasteiger partial charge on any atom is -0.481 e. The van der Waals surface area contributed by atoms with Crippen LogP contribution in [0.25, 0.3) is 0 Å². The molecule has 11 nitrogen and oxygen atoms in total. The number of aliphatic carboxylic acids is 2. The van der Waals surface area contributed by atoms with E-state index < -0.39 is 60.8 Å². The Balaban J connectivity index is 4.85. The molecule has 0 aromatic carbocycles. The zero-order valence-corrected chi connectivity index (χ0v) is 16.5. The van der Waals surface area contributed by atoms with E-state index in [4.69, 9.17) is 15.9 Å². The van der Waals surface area contributed by atoms with Crippen LogP contribution in [0.5, 0.6) is 0 Å². The lowest BCUT2D eigenvalue weighted by molar-refractivity contribution is -0.143. The van der Waals surface area contributed by atoms with Gasteiger partial charge in [0.15, 0.2) is 0 Å². The molecule has 0 spiro atoms. The van der Waals surface area contributed by atoms with Gasteiger partial charge in [0.05, 0.1) is 19.0 Å². The van der Waals surface area contributed by atoms with Gasteiger partial charge in [-0.1, -0.05) is 27.7 Å². The van der Waals surface area contributed by atoms with E-state index in [0.717, 1.165) is 0 Å². The quantitative estimate of drug-likeness (QED) is 0.231. The summed E-state index contributed by atoms with van der Waals surface area (Å²) in [6.07, 6.45) is -0.348. The van der Waals surface area contributed by atoms with Crippen LogP contribution in [0.15, 0.2) is 0 Å². The molecule has 0 aliphatic rings. The van der Waals surface area contributed by atoms with Crippen LogP contribution < -0.4 is 21.7 Å². The summed E-state index contributed by atoms with van der Waals surface area (Å²) in [5.74, 6) is -5.12. The SMILES string of the molecule is CC(C)CC(N)C(=O)NC(CC(=O)O)C(=O)NCC(=O)NC(C(=O)O)C(C)C. The van der Waals surface area contributed by atoms with Gasteiger partial charge in [-0.15, -0.1) is 0 Å². The second-order valence-corrected chi connectivity index (χ2v) is 7.24. The van der Waals surface area contributed by atoms with Gasteiger partial charge in [-0.05, 0) is 18.3 Å². The summed E-state index contributed by atoms with van der Waals surface area (Å²) < 4.78 is 0. The van der Waals surface area contributed by atoms with Crippen molar-refractivity contribution in [1.82, 2.24) is 16.0 Å². The number of hydrogen-bond donors (Lipinski definition) is 6. The highest BCUT2D eigenvalue weighted by molar-refractivity contribution is 5.94. The van der Waals surface area contributed by atoms with Crippen LogP contribution >= 0.6 is 0 Å². The van der Waals surface area contributed by atoms with Gasteiger partial charge in [0.1, 0.15) is 12.1 Å². The van der Waals surface area contributed by atoms with Crippen LogP contribution in [0.1, 0.15) is 40.5 Å². The fourth-order valence-electron chi connectivity index (χ4n) is 2.31. The number of carboxylic acid groups (broad SMARTS) is 2. The van der Waals surface area contributed by atoms with E-state index >= 15 is 0 Å². The molecule has 0 saturated heterocycles. The minimum absolute atomic E-state index is 0.124. The molecule has 7 N–H and O–H groups in total. The number of carbonyl (C=O) groups is 5. The highest BCUT2D eigenvalue weighted by Gasteiger charge is 2.28. The molecule has 0 aliphatic carbocycles. The first-order valence-corrected chi connectivity index (χ1v) is 8.92. The first kappa shape index (κ1) is 25.3. The second-order valence-electron chi connectivity index (χ2n) is 7.24. The molecule has 0 rings (SSSR count). The van der Waals surface area contributed by atoms with Crippen molar-refractivity contribution in [2.45, 2.75) is 58.7 Å². The molecule has 0 aliphatic heterocycles. The monoisotopic (exact) mass is 402 g/mol. The predicted octanol–water partition coefficient (Wildman–Crippen LogP) is -1.34. The van der Waals surface area contributed by atoms with Gasteiger partial charge in [-0.2, -0.15) is 0 Å². The Morgan fingerprint density at radius 1 is 0.929 bits per heavy atom. The summed E-state index contributed by atoms with van der Waals surface area (Å²) >= 11 is 0. The van der Waals surface area contributed by atoms with Gasteiger partial charge in [0.2, 0.25) is 17.7 Å². The average Bonchev–Trinajstić information content (AvgIpc) is 2.55. The normalized spacial score (nSPS) is 14.1. The third kappa shape index (κ3) is 9.86. The summed E-state index contributed by atoms with van der Waals surface area (Å²) in [4.78, 5) is 58.1. The van der Waals surface area contributed by atoms with Gasteiger partial charge < -0.3 is 31.9 Å². The molecule has 0 aromatic rings. The predicted molar refractivity (Wildman–Crippen MR) is 99.0 cm³/mol. The summed E-state index contributed by atoms with van der Waals surface area (Å²) in [7, 11) is 0. The molecular formula is C17H30N4O7. The van der Waals surface area contributed by atoms with E-state index in [1.807, 2.05) is 13.8 Å². The molecule has 0 heterocycles. The number of rotatable bonds is 12. The van der Waals surface area contributed by atoms with E-state index in [1.165, 1.54) is 0 Å². The topological polar surface area (TPSA) is 188 Å². The molecule has 0 aromatic heterocycles. The Bertz CT molecular complexity index is 592. The lowest BCUT2D eigenvalue weighted by Crippen LogP contribution is -2.54. The summed E-state index contributed by atoms with van der Waals surface area (Å²) in [6, 6.07) is -3.46. The van der Waals surface area contributed by atoms with Gasteiger partial charge >= 0.3 is 11.9 Å². The highest BCUT2D eigenvalue weighted by atomic mass is 16.4. The maximum atomic E-state index is 12.2. The summed E-state index contributed by atoms with van der Waals surface area (Å²) in [5, 5.41) is 24.7. The fraction of sp³-hybridized carbons (Fsp3) is 0.706. The molecule has 3 unspecified atom stereocenters. The molecule has 0 radical (unpaired) electrons. The number of amides is 3. The van der Waals surface area contributed by atoms with Crippen molar-refractivity contribution in [2.24, 2.45) is 17.6 Å². The third-order valence-corrected chi connectivity index (χ3v) is 3.75. The maximum absolute atomic E-state index is 12.2. The molecule has 11 heteroatoms. The second kappa shape index (κ2) is 11.9. The standard InChI is InChI=1S/C17H30N4O7/c1-8(2)5-10(18)15(25)20-11(6-13(23)24)16(26)19-7-12(22)21-14(9(3)4)17(27)28/h8-11,14H,5-7,18H2,1-4H3,(H,19,26)(H,20,25)(H,21,22)(H,23,24)(H,27,28). The van der Waals surface area contributed by atoms with Crippen molar-refractivity contribution in [2.75, 3.05) is 6.54 Å². The van der Waals surface area contributed by atoms with E-state index in [1.54, 1.807) is 13.8 Å². The molecule has 0 fully saturated rings. The van der Waals surface area contributed by atoms with Crippen LogP contribution in [0.3, 0.4) is 0 Å². The Hall–Kier alpha value is -2.69. The van der Waals surface area contributed by atoms with Crippen LogP contribution in [0, 0.1) is 11.8 Å². The number of nitrogens with one attached hydrogen (secondary N) is 3. The lowest BCUT2D eigenvalue weighted by Gasteiger charge is -2.21. The summed E-state index contributed by atoms with van der Waals surface area (Å²) in [6.45, 7) is 6.36. The molecule has 160 valence electrons. The number of nitrogens with two attached hydrogens (primary N) is 1. The van der Waals surface area contributed by atoms with Crippen LogP contribution in [0.2, 0.25) is 0 Å². The van der Waals surface area contributed by atoms with Gasteiger partial charge in [-0.25, -0.2) is 4.79 Å². The van der Waals surface area contributed by atoms with Gasteiger partial charge in [-0.3, -0.25) is 19.2 Å². The van der Waals surface area contributed by atoms with E-state index in [-0.39, 0.29) is 11.8 Å². The van der Waals surface area contributed by atoms with Crippen molar-refractivity contribution in [3.8, 4) is 0 Å². The fourth-order valence-corrected chi connectivity index (χ4v) is 2.31. The summed E-state index contributed by atoms with van der Waals surface area (Å²) in [5.41, 5.74) is 5.72. The minimum atomic E-state index is -1.42. The third-order valence-electron chi connectivity index (χ3n) is 3.75. The van der Waals surface area contributed by atoms with E-state index in [0.29, 0.717) is 6.42 Å². The van der Waals surface area contributed by atoms with Crippen molar-refractivity contribution < 1.29 is 34.2 Å². The molecule has 3 atom stereocenters. The smallest absolute Gasteiger partial charge is 0.326 e. The molecule has 0 bridgehead atoms. The molecule has 0 saturated carbocycles. The molecule has 28 heavy (non-hydrogen) atoms. The van der Waals surface area contributed by atoms with Crippen molar-refractivity contribution in [3.63, 3.8) is 0 Å². The lowest BCUT2D eigenvalue weighted by atomic mass is 10.0. The average molecular weight is 402 g/mol. The Morgan fingerprint density at radius 3 is 1.93 bits per heavy atom. The Labute approximate surface area is 163 Å². The number of carbonyl (C=O) groups excluding carboxylic acids is 3. The maximum Gasteiger partial charge on any atom is 0.326 e. The van der Waals surface area contributed by atoms with Crippen LogP contribution in [-0.2, 0) is 24.0 Å². The van der Waals surface area contributed by atoms with Crippen molar-refractivity contribution in [1.29, 1.82) is 0 Å². The van der Waals surface area contributed by atoms with Crippen LogP contribution in [-0.4, -0.2) is 64.5 Å². The van der Waals surface area contributed by atoms with Gasteiger partial charge in [0, 0.05) is 0 Å². The zero-order valence-electron chi connectivity index (χ0n) is 16.5. The van der Waals surface area contributed by atoms with E-state index in [2.05, 4.69) is 16.0 Å². The highest BCUT2D eigenvalue weighted by Crippen LogP contribution is 2.04. The first-order valence-electron chi connectivity index (χ1n) is 8.92. The Morgan fingerprint density at radius 2 is 1.50 bits per heavy atom. The molecule has 3 amide bonds.